The average Bonchev–Trinajstić information content (AvgIpc) is 2.99. The fourth-order valence-electron chi connectivity index (χ4n) is 1.96. The summed E-state index contributed by atoms with van der Waals surface area (Å²) in [6, 6.07) is 1.60. The first kappa shape index (κ1) is 10.4. The lowest BCUT2D eigenvalue weighted by molar-refractivity contribution is 0.167. The van der Waals surface area contributed by atoms with Crippen molar-refractivity contribution < 1.29 is 13.9 Å². The zero-order chi connectivity index (χ0) is 11.3. The highest BCUT2D eigenvalue weighted by Crippen LogP contribution is 2.52. The Morgan fingerprint density at radius 3 is 2.69 bits per heavy atom. The minimum atomic E-state index is -0.571. The summed E-state index contributed by atoms with van der Waals surface area (Å²) in [5.74, 6) is 0.724. The smallest absolute Gasteiger partial charge is 0.169 e. The molecule has 0 bridgehead atoms. The number of ether oxygens (including phenoxy) is 2. The second-order valence-corrected chi connectivity index (χ2v) is 5.08. The monoisotopic (exact) mass is 287 g/mol. The standard InChI is InChI=1S/C11H11BrFNO2/c12-6-5-7-10(16-4-3-15-7)8(9(6)13)11(14)1-2-11/h5H,1-4,14H2. The van der Waals surface area contributed by atoms with Crippen LogP contribution in [0.1, 0.15) is 18.4 Å². The Bertz CT molecular complexity index is 460. The van der Waals surface area contributed by atoms with Crippen molar-refractivity contribution in [2.24, 2.45) is 5.73 Å². The molecule has 2 aliphatic rings. The van der Waals surface area contributed by atoms with Crippen molar-refractivity contribution in [3.63, 3.8) is 0 Å². The molecule has 0 spiro atoms. The number of rotatable bonds is 1. The van der Waals surface area contributed by atoms with Crippen molar-refractivity contribution in [2.45, 2.75) is 18.4 Å². The van der Waals surface area contributed by atoms with Crippen LogP contribution in [-0.4, -0.2) is 13.2 Å². The number of hydrogen-bond acceptors (Lipinski definition) is 3. The molecular weight excluding hydrogens is 277 g/mol. The Balaban J connectivity index is 2.23. The fourth-order valence-corrected chi connectivity index (χ4v) is 2.37. The molecule has 1 aliphatic heterocycles. The first-order valence-electron chi connectivity index (χ1n) is 5.19. The van der Waals surface area contributed by atoms with Crippen molar-refractivity contribution in [1.29, 1.82) is 0 Å². The molecule has 2 N–H and O–H groups in total. The second kappa shape index (κ2) is 3.34. The van der Waals surface area contributed by atoms with Gasteiger partial charge in [0.25, 0.3) is 0 Å². The second-order valence-electron chi connectivity index (χ2n) is 4.23. The lowest BCUT2D eigenvalue weighted by Gasteiger charge is -2.24. The molecule has 0 amide bonds. The number of hydrogen-bond donors (Lipinski definition) is 1. The molecule has 0 saturated heterocycles. The van der Waals surface area contributed by atoms with Gasteiger partial charge in [-0.3, -0.25) is 0 Å². The average molecular weight is 288 g/mol. The Morgan fingerprint density at radius 1 is 1.31 bits per heavy atom. The van der Waals surface area contributed by atoms with E-state index in [1.807, 2.05) is 0 Å². The maximum absolute atomic E-state index is 14.1. The Morgan fingerprint density at radius 2 is 2.00 bits per heavy atom. The van der Waals surface area contributed by atoms with Gasteiger partial charge in [-0.1, -0.05) is 0 Å². The van der Waals surface area contributed by atoms with Crippen LogP contribution >= 0.6 is 15.9 Å². The molecule has 1 saturated carbocycles. The largest absolute Gasteiger partial charge is 0.486 e. The van der Waals surface area contributed by atoms with E-state index in [1.165, 1.54) is 0 Å². The van der Waals surface area contributed by atoms with Crippen LogP contribution in [0.4, 0.5) is 4.39 Å². The van der Waals surface area contributed by atoms with Crippen LogP contribution in [-0.2, 0) is 5.54 Å². The summed E-state index contributed by atoms with van der Waals surface area (Å²) < 4.78 is 25.4. The first-order valence-corrected chi connectivity index (χ1v) is 5.98. The molecular formula is C11H11BrFNO2. The molecule has 0 atom stereocenters. The Hall–Kier alpha value is -0.810. The van der Waals surface area contributed by atoms with Gasteiger partial charge in [0.05, 0.1) is 10.0 Å². The molecule has 3 rings (SSSR count). The van der Waals surface area contributed by atoms with Gasteiger partial charge in [0.1, 0.15) is 19.0 Å². The van der Waals surface area contributed by atoms with Crippen LogP contribution in [0, 0.1) is 5.82 Å². The minimum Gasteiger partial charge on any atom is -0.486 e. The number of halogens is 2. The molecule has 1 aromatic rings. The van der Waals surface area contributed by atoms with Crippen molar-refractivity contribution in [3.8, 4) is 11.5 Å². The molecule has 3 nitrogen and oxygen atoms in total. The molecule has 1 fully saturated rings. The molecule has 1 aliphatic carbocycles. The van der Waals surface area contributed by atoms with E-state index in [2.05, 4.69) is 15.9 Å². The predicted molar refractivity (Wildman–Crippen MR) is 60.2 cm³/mol. The summed E-state index contributed by atoms with van der Waals surface area (Å²) in [5, 5.41) is 0. The van der Waals surface area contributed by atoms with Gasteiger partial charge in [-0.25, -0.2) is 4.39 Å². The van der Waals surface area contributed by atoms with Gasteiger partial charge in [-0.15, -0.1) is 0 Å². The summed E-state index contributed by atoms with van der Waals surface area (Å²) in [6.07, 6.45) is 1.58. The highest BCUT2D eigenvalue weighted by atomic mass is 79.9. The van der Waals surface area contributed by atoms with E-state index in [-0.39, 0.29) is 5.82 Å². The normalized spacial score (nSPS) is 20.7. The maximum atomic E-state index is 14.1. The molecule has 86 valence electrons. The first-order chi connectivity index (χ1) is 7.62. The molecule has 5 heteroatoms. The summed E-state index contributed by atoms with van der Waals surface area (Å²) in [4.78, 5) is 0. The van der Waals surface area contributed by atoms with Crippen LogP contribution < -0.4 is 15.2 Å². The quantitative estimate of drug-likeness (QED) is 0.862. The van der Waals surface area contributed by atoms with Gasteiger partial charge in [0.15, 0.2) is 11.5 Å². The highest BCUT2D eigenvalue weighted by Gasteiger charge is 2.46. The third-order valence-corrected chi connectivity index (χ3v) is 3.59. The van der Waals surface area contributed by atoms with Crippen LogP contribution in [0.15, 0.2) is 10.5 Å². The van der Waals surface area contributed by atoms with Crippen molar-refractivity contribution in [3.05, 3.63) is 21.9 Å². The van der Waals surface area contributed by atoms with Crippen molar-refractivity contribution in [1.82, 2.24) is 0 Å². The van der Waals surface area contributed by atoms with Gasteiger partial charge in [-0.05, 0) is 28.8 Å². The lowest BCUT2D eigenvalue weighted by atomic mass is 10.0. The topological polar surface area (TPSA) is 44.5 Å². The zero-order valence-corrected chi connectivity index (χ0v) is 10.1. The molecule has 0 unspecified atom stereocenters. The molecule has 0 radical (unpaired) electrons. The zero-order valence-electron chi connectivity index (χ0n) is 8.56. The molecule has 1 aromatic carbocycles. The highest BCUT2D eigenvalue weighted by molar-refractivity contribution is 9.10. The van der Waals surface area contributed by atoms with Crippen LogP contribution in [0.25, 0.3) is 0 Å². The number of fused-ring (bicyclic) bond motifs is 1. The van der Waals surface area contributed by atoms with Gasteiger partial charge < -0.3 is 15.2 Å². The van der Waals surface area contributed by atoms with Crippen LogP contribution in [0.2, 0.25) is 0 Å². The fraction of sp³-hybridized carbons (Fsp3) is 0.455. The van der Waals surface area contributed by atoms with Gasteiger partial charge in [0.2, 0.25) is 0 Å². The third-order valence-electron chi connectivity index (χ3n) is 3.01. The summed E-state index contributed by atoms with van der Waals surface area (Å²) in [6.45, 7) is 0.930. The van der Waals surface area contributed by atoms with Crippen molar-refractivity contribution >= 4 is 15.9 Å². The lowest BCUT2D eigenvalue weighted by Crippen LogP contribution is -2.25. The minimum absolute atomic E-state index is 0.329. The van der Waals surface area contributed by atoms with E-state index >= 15 is 0 Å². The molecule has 16 heavy (non-hydrogen) atoms. The van der Waals surface area contributed by atoms with Crippen LogP contribution in [0.3, 0.4) is 0 Å². The predicted octanol–water partition coefficient (Wildman–Crippen LogP) is 2.31. The third kappa shape index (κ3) is 1.42. The Kier molecular flexibility index (Phi) is 2.16. The summed E-state index contributed by atoms with van der Waals surface area (Å²) in [5.41, 5.74) is 5.95. The Labute approximate surface area is 101 Å². The number of nitrogens with two attached hydrogens (primary N) is 1. The SMILES string of the molecule is NC1(c2c(F)c(Br)cc3c2OCCO3)CC1. The van der Waals surface area contributed by atoms with E-state index < -0.39 is 5.54 Å². The number of benzene rings is 1. The van der Waals surface area contributed by atoms with E-state index in [9.17, 15) is 4.39 Å². The van der Waals surface area contributed by atoms with E-state index in [1.54, 1.807) is 6.07 Å². The molecule has 0 aromatic heterocycles. The van der Waals surface area contributed by atoms with E-state index in [0.29, 0.717) is 34.7 Å². The van der Waals surface area contributed by atoms with Gasteiger partial charge >= 0.3 is 0 Å². The summed E-state index contributed by atoms with van der Waals surface area (Å²) in [7, 11) is 0. The van der Waals surface area contributed by atoms with Gasteiger partial charge in [0, 0.05) is 11.6 Å². The maximum Gasteiger partial charge on any atom is 0.169 e. The molecule has 1 heterocycles. The van der Waals surface area contributed by atoms with E-state index in [4.69, 9.17) is 15.2 Å². The van der Waals surface area contributed by atoms with Crippen LogP contribution in [0.5, 0.6) is 11.5 Å². The summed E-state index contributed by atoms with van der Waals surface area (Å²) >= 11 is 3.18. The van der Waals surface area contributed by atoms with E-state index in [0.717, 1.165) is 12.8 Å². The van der Waals surface area contributed by atoms with Gasteiger partial charge in [-0.2, -0.15) is 0 Å². The van der Waals surface area contributed by atoms with Crippen molar-refractivity contribution in [2.75, 3.05) is 13.2 Å².